The van der Waals surface area contributed by atoms with Gasteiger partial charge in [0.1, 0.15) is 5.75 Å². The summed E-state index contributed by atoms with van der Waals surface area (Å²) in [5, 5.41) is 2.76. The van der Waals surface area contributed by atoms with Crippen molar-refractivity contribution in [2.24, 2.45) is 0 Å². The minimum absolute atomic E-state index is 0.274. The molecule has 0 aliphatic heterocycles. The zero-order valence-electron chi connectivity index (χ0n) is 14.1. The zero-order valence-corrected chi connectivity index (χ0v) is 15.7. The van der Waals surface area contributed by atoms with Crippen LogP contribution >= 0.6 is 15.9 Å². The van der Waals surface area contributed by atoms with Gasteiger partial charge in [0, 0.05) is 10.2 Å². The lowest BCUT2D eigenvalue weighted by Gasteiger charge is -2.15. The third-order valence-electron chi connectivity index (χ3n) is 3.32. The highest BCUT2D eigenvalue weighted by Crippen LogP contribution is 2.18. The predicted molar refractivity (Wildman–Crippen MR) is 99.9 cm³/mol. The molecule has 1 amide bonds. The van der Waals surface area contributed by atoms with Gasteiger partial charge in [-0.25, -0.2) is 4.79 Å². The summed E-state index contributed by atoms with van der Waals surface area (Å²) in [6.07, 6.45) is 0.117. The molecule has 0 fully saturated rings. The molecule has 0 spiro atoms. The van der Waals surface area contributed by atoms with Crippen LogP contribution in [0.3, 0.4) is 0 Å². The van der Waals surface area contributed by atoms with Gasteiger partial charge >= 0.3 is 5.97 Å². The molecule has 1 unspecified atom stereocenters. The van der Waals surface area contributed by atoms with E-state index in [0.717, 1.165) is 10.9 Å². The molecule has 0 bridgehead atoms. The average molecular weight is 406 g/mol. The minimum atomic E-state index is -0.657. The summed E-state index contributed by atoms with van der Waals surface area (Å²) in [4.78, 5) is 23.9. The topological polar surface area (TPSA) is 64.6 Å². The van der Waals surface area contributed by atoms with E-state index in [0.29, 0.717) is 23.6 Å². The highest BCUT2D eigenvalue weighted by molar-refractivity contribution is 9.10. The maximum absolute atomic E-state index is 12.2. The average Bonchev–Trinajstić information content (AvgIpc) is 2.62. The Kier molecular flexibility index (Phi) is 7.01. The van der Waals surface area contributed by atoms with E-state index in [4.69, 9.17) is 9.47 Å². The maximum Gasteiger partial charge on any atom is 0.338 e. The second-order valence-electron chi connectivity index (χ2n) is 5.42. The summed E-state index contributed by atoms with van der Waals surface area (Å²) < 4.78 is 11.6. The molecule has 0 radical (unpaired) electrons. The summed E-state index contributed by atoms with van der Waals surface area (Å²) >= 11 is 3.35. The van der Waals surface area contributed by atoms with Crippen LogP contribution in [0.15, 0.2) is 53.0 Å². The number of halogens is 1. The SMILES string of the molecule is CCCOC(=O)c1ccc(NC(=O)C(C)Oc2ccc(Br)cc2)cc1. The first kappa shape index (κ1) is 19.0. The van der Waals surface area contributed by atoms with Crippen molar-refractivity contribution in [2.75, 3.05) is 11.9 Å². The van der Waals surface area contributed by atoms with Gasteiger partial charge in [0.25, 0.3) is 5.91 Å². The van der Waals surface area contributed by atoms with E-state index in [1.165, 1.54) is 0 Å². The first-order valence-corrected chi connectivity index (χ1v) is 8.79. The largest absolute Gasteiger partial charge is 0.481 e. The molecule has 25 heavy (non-hydrogen) atoms. The number of rotatable bonds is 7. The molecule has 5 nitrogen and oxygen atoms in total. The first-order valence-electron chi connectivity index (χ1n) is 8.00. The van der Waals surface area contributed by atoms with E-state index in [1.54, 1.807) is 43.3 Å². The van der Waals surface area contributed by atoms with E-state index >= 15 is 0 Å². The molecule has 2 aromatic rings. The Morgan fingerprint density at radius 1 is 1.08 bits per heavy atom. The molecule has 0 aromatic heterocycles. The number of hydrogen-bond acceptors (Lipinski definition) is 4. The lowest BCUT2D eigenvalue weighted by molar-refractivity contribution is -0.122. The monoisotopic (exact) mass is 405 g/mol. The Bertz CT molecular complexity index is 713. The molecule has 0 aliphatic rings. The van der Waals surface area contributed by atoms with Crippen LogP contribution in [0.25, 0.3) is 0 Å². The van der Waals surface area contributed by atoms with Crippen molar-refractivity contribution in [3.8, 4) is 5.75 Å². The van der Waals surface area contributed by atoms with Crippen molar-refractivity contribution < 1.29 is 19.1 Å². The minimum Gasteiger partial charge on any atom is -0.481 e. The number of benzene rings is 2. The maximum atomic E-state index is 12.2. The molecule has 0 aliphatic carbocycles. The van der Waals surface area contributed by atoms with Crippen LogP contribution in [-0.2, 0) is 9.53 Å². The van der Waals surface area contributed by atoms with Crippen molar-refractivity contribution in [1.29, 1.82) is 0 Å². The van der Waals surface area contributed by atoms with Crippen molar-refractivity contribution in [3.05, 3.63) is 58.6 Å². The van der Waals surface area contributed by atoms with E-state index in [1.807, 2.05) is 19.1 Å². The highest BCUT2D eigenvalue weighted by Gasteiger charge is 2.15. The molecule has 2 aromatic carbocycles. The lowest BCUT2D eigenvalue weighted by atomic mass is 10.2. The number of amides is 1. The quantitative estimate of drug-likeness (QED) is 0.692. The second kappa shape index (κ2) is 9.22. The number of carbonyl (C=O) groups is 2. The normalized spacial score (nSPS) is 11.5. The summed E-state index contributed by atoms with van der Waals surface area (Å²) in [7, 11) is 0. The third-order valence-corrected chi connectivity index (χ3v) is 3.85. The van der Waals surface area contributed by atoms with Crippen LogP contribution in [0.4, 0.5) is 5.69 Å². The van der Waals surface area contributed by atoms with Crippen LogP contribution < -0.4 is 10.1 Å². The Labute approximate surface area is 155 Å². The summed E-state index contributed by atoms with van der Waals surface area (Å²) in [6.45, 7) is 4.00. The van der Waals surface area contributed by atoms with Gasteiger partial charge in [0.05, 0.1) is 12.2 Å². The van der Waals surface area contributed by atoms with Crippen LogP contribution in [0.5, 0.6) is 5.75 Å². The predicted octanol–water partition coefficient (Wildman–Crippen LogP) is 4.42. The highest BCUT2D eigenvalue weighted by atomic mass is 79.9. The molecule has 0 saturated heterocycles. The second-order valence-corrected chi connectivity index (χ2v) is 6.33. The van der Waals surface area contributed by atoms with Crippen molar-refractivity contribution in [1.82, 2.24) is 0 Å². The molecule has 1 N–H and O–H groups in total. The summed E-state index contributed by atoms with van der Waals surface area (Å²) in [6, 6.07) is 13.8. The van der Waals surface area contributed by atoms with E-state index in [2.05, 4.69) is 21.2 Å². The van der Waals surface area contributed by atoms with Gasteiger partial charge in [-0.1, -0.05) is 22.9 Å². The molecule has 1 atom stereocenters. The lowest BCUT2D eigenvalue weighted by Crippen LogP contribution is -2.30. The van der Waals surface area contributed by atoms with E-state index in [9.17, 15) is 9.59 Å². The molecule has 6 heteroatoms. The Morgan fingerprint density at radius 2 is 1.72 bits per heavy atom. The van der Waals surface area contributed by atoms with Gasteiger partial charge in [-0.15, -0.1) is 0 Å². The van der Waals surface area contributed by atoms with E-state index in [-0.39, 0.29) is 11.9 Å². The Balaban J connectivity index is 1.91. The van der Waals surface area contributed by atoms with Gasteiger partial charge in [0.2, 0.25) is 0 Å². The molecule has 0 saturated carbocycles. The van der Waals surface area contributed by atoms with Crippen LogP contribution in [0.1, 0.15) is 30.6 Å². The van der Waals surface area contributed by atoms with Gasteiger partial charge in [-0.3, -0.25) is 4.79 Å². The number of carbonyl (C=O) groups excluding carboxylic acids is 2. The van der Waals surface area contributed by atoms with Gasteiger partial charge in [0.15, 0.2) is 6.10 Å². The van der Waals surface area contributed by atoms with Crippen molar-refractivity contribution in [2.45, 2.75) is 26.4 Å². The number of anilines is 1. The van der Waals surface area contributed by atoms with Crippen LogP contribution in [0, 0.1) is 0 Å². The molecule has 2 rings (SSSR count). The first-order chi connectivity index (χ1) is 12.0. The Morgan fingerprint density at radius 3 is 2.32 bits per heavy atom. The van der Waals surface area contributed by atoms with Crippen LogP contribution in [-0.4, -0.2) is 24.6 Å². The third kappa shape index (κ3) is 5.90. The van der Waals surface area contributed by atoms with Gasteiger partial charge in [-0.2, -0.15) is 0 Å². The molecule has 0 heterocycles. The zero-order chi connectivity index (χ0) is 18.2. The van der Waals surface area contributed by atoms with Crippen molar-refractivity contribution in [3.63, 3.8) is 0 Å². The fourth-order valence-corrected chi connectivity index (χ4v) is 2.25. The summed E-state index contributed by atoms with van der Waals surface area (Å²) in [5.41, 5.74) is 1.04. The molecule has 132 valence electrons. The van der Waals surface area contributed by atoms with Crippen molar-refractivity contribution >= 4 is 33.5 Å². The van der Waals surface area contributed by atoms with E-state index < -0.39 is 6.10 Å². The number of esters is 1. The smallest absolute Gasteiger partial charge is 0.338 e. The standard InChI is InChI=1S/C19H20BrNO4/c1-3-12-24-19(23)14-4-8-16(9-5-14)21-18(22)13(2)25-17-10-6-15(20)7-11-17/h4-11,13H,3,12H2,1-2H3,(H,21,22). The molecular formula is C19H20BrNO4. The summed E-state index contributed by atoms with van der Waals surface area (Å²) in [5.74, 6) is -0.0317. The van der Waals surface area contributed by atoms with Gasteiger partial charge in [-0.05, 0) is 61.9 Å². The number of ether oxygens (including phenoxy) is 2. The number of nitrogens with one attached hydrogen (secondary N) is 1. The van der Waals surface area contributed by atoms with Gasteiger partial charge < -0.3 is 14.8 Å². The van der Waals surface area contributed by atoms with Crippen LogP contribution in [0.2, 0.25) is 0 Å². The fraction of sp³-hybridized carbons (Fsp3) is 0.263. The molecular weight excluding hydrogens is 386 g/mol. The Hall–Kier alpha value is -2.34. The fourth-order valence-electron chi connectivity index (χ4n) is 1.98. The number of hydrogen-bond donors (Lipinski definition) is 1.